The number of Topliss-reactive ketones (excluding diaryl/α,β-unsaturated/α-hetero) is 3. The third kappa shape index (κ3) is 4.48. The van der Waals surface area contributed by atoms with Crippen LogP contribution in [0.3, 0.4) is 0 Å². The van der Waals surface area contributed by atoms with E-state index < -0.39 is 110 Å². The van der Waals surface area contributed by atoms with Crippen molar-refractivity contribution >= 4 is 34.8 Å². The number of hydrogen-bond donors (Lipinski definition) is 5. The smallest absolute Gasteiger partial charge is 0.341 e. The van der Waals surface area contributed by atoms with E-state index >= 15 is 0 Å². The van der Waals surface area contributed by atoms with Crippen LogP contribution in [0.1, 0.15) is 74.9 Å². The number of nitrogens with one attached hydrogen (secondary N) is 1. The molecule has 3 aliphatic carbocycles. The predicted molar refractivity (Wildman–Crippen MR) is 164 cm³/mol. The molecule has 0 radical (unpaired) electrons. The molecule has 49 heavy (non-hydrogen) atoms. The molecule has 0 aromatic heterocycles. The number of ether oxygens (including phenoxy) is 4. The van der Waals surface area contributed by atoms with Gasteiger partial charge in [0.25, 0.3) is 0 Å². The number of carbonyl (C=O) groups excluding carboxylic acids is 5. The van der Waals surface area contributed by atoms with E-state index in [1.807, 2.05) is 0 Å². The monoisotopic (exact) mass is 680 g/mol. The maximum Gasteiger partial charge on any atom is 0.341 e. The lowest BCUT2D eigenvalue weighted by atomic mass is 9.56. The van der Waals surface area contributed by atoms with Gasteiger partial charge in [0.05, 0.1) is 42.4 Å². The number of oxime groups is 1. The van der Waals surface area contributed by atoms with E-state index in [9.17, 15) is 44.4 Å². The van der Waals surface area contributed by atoms with Crippen molar-refractivity contribution in [2.45, 2.75) is 49.4 Å². The Morgan fingerprint density at radius 3 is 2.35 bits per heavy atom. The molecular formula is C33H32N2O14. The minimum atomic E-state index is -3.20. The summed E-state index contributed by atoms with van der Waals surface area (Å²) in [7, 11) is 4.78. The normalized spacial score (nSPS) is 28.3. The van der Waals surface area contributed by atoms with Crippen LogP contribution in [0.5, 0.6) is 11.5 Å². The summed E-state index contributed by atoms with van der Waals surface area (Å²) in [6.07, 6.45) is -2.80. The second-order valence-corrected chi connectivity index (χ2v) is 12.0. The van der Waals surface area contributed by atoms with E-state index in [0.29, 0.717) is 5.71 Å². The van der Waals surface area contributed by atoms with Crippen LogP contribution in [0.25, 0.3) is 0 Å². The van der Waals surface area contributed by atoms with E-state index in [-0.39, 0.29) is 29.9 Å². The number of aliphatic hydroxyl groups excluding tert-OH is 1. The van der Waals surface area contributed by atoms with Gasteiger partial charge in [-0.15, -0.1) is 0 Å². The van der Waals surface area contributed by atoms with Crippen molar-refractivity contribution < 1.29 is 68.2 Å². The van der Waals surface area contributed by atoms with Gasteiger partial charge in [-0.25, -0.2) is 4.79 Å². The minimum absolute atomic E-state index is 0.0114. The van der Waals surface area contributed by atoms with Gasteiger partial charge in [-0.3, -0.25) is 19.2 Å². The van der Waals surface area contributed by atoms with Crippen LogP contribution in [0.4, 0.5) is 0 Å². The van der Waals surface area contributed by atoms with Crippen LogP contribution in [0.2, 0.25) is 0 Å². The van der Waals surface area contributed by atoms with Crippen LogP contribution in [-0.4, -0.2) is 114 Å². The van der Waals surface area contributed by atoms with Crippen molar-refractivity contribution in [1.29, 1.82) is 0 Å². The molecule has 1 saturated heterocycles. The number of phenols is 2. The Morgan fingerprint density at radius 1 is 1.00 bits per heavy atom. The molecule has 16 nitrogen and oxygen atoms in total. The molecule has 1 heterocycles. The molecule has 5 N–H and O–H groups in total. The van der Waals surface area contributed by atoms with Gasteiger partial charge in [-0.2, -0.15) is 0 Å². The molecule has 0 spiro atoms. The summed E-state index contributed by atoms with van der Waals surface area (Å²) in [4.78, 5) is 73.7. The lowest BCUT2D eigenvalue weighted by Gasteiger charge is -2.52. The maximum absolute atomic E-state index is 14.5. The molecule has 0 bridgehead atoms. The molecule has 0 unspecified atom stereocenters. The Balaban J connectivity index is 1.50. The zero-order valence-corrected chi connectivity index (χ0v) is 26.9. The summed E-state index contributed by atoms with van der Waals surface area (Å²) in [5.41, 5.74) is -9.31. The topological polar surface area (TPSA) is 237 Å². The number of aromatic hydroxyl groups is 2. The van der Waals surface area contributed by atoms with Crippen LogP contribution in [0, 0.1) is 6.92 Å². The number of methoxy groups -OCH3 is 3. The summed E-state index contributed by atoms with van der Waals surface area (Å²) in [5, 5.41) is 53.4. The molecule has 0 saturated carbocycles. The highest BCUT2D eigenvalue weighted by Gasteiger charge is 2.72. The Hall–Kier alpha value is -5.00. The van der Waals surface area contributed by atoms with Gasteiger partial charge in [-0.05, 0) is 24.1 Å². The fourth-order valence-electron chi connectivity index (χ4n) is 7.32. The molecule has 258 valence electrons. The van der Waals surface area contributed by atoms with E-state index in [2.05, 4.69) is 10.5 Å². The quantitative estimate of drug-likeness (QED) is 0.205. The molecule has 2 aromatic carbocycles. The summed E-state index contributed by atoms with van der Waals surface area (Å²) in [5.74, 6) is -7.44. The second-order valence-electron chi connectivity index (χ2n) is 12.0. The second kappa shape index (κ2) is 11.9. The van der Waals surface area contributed by atoms with E-state index in [0.717, 1.165) is 26.4 Å². The fourth-order valence-corrected chi connectivity index (χ4v) is 7.32. The third-order valence-corrected chi connectivity index (χ3v) is 9.55. The predicted octanol–water partition coefficient (Wildman–Crippen LogP) is 0.378. The number of phenolic OH excluding ortho intramolecular Hbond substituents is 2. The van der Waals surface area contributed by atoms with Crippen molar-refractivity contribution in [3.8, 4) is 11.5 Å². The molecule has 2 aromatic rings. The molecular weight excluding hydrogens is 648 g/mol. The number of aliphatic hydroxyl groups is 2. The Labute approximate surface area is 277 Å². The zero-order valence-electron chi connectivity index (χ0n) is 26.9. The summed E-state index contributed by atoms with van der Waals surface area (Å²) < 4.78 is 21.3. The van der Waals surface area contributed by atoms with Crippen molar-refractivity contribution in [3.63, 3.8) is 0 Å². The van der Waals surface area contributed by atoms with Crippen LogP contribution >= 0.6 is 0 Å². The number of esters is 1. The number of fused-ring (bicyclic) bond motifs is 5. The Kier molecular flexibility index (Phi) is 8.20. The van der Waals surface area contributed by atoms with Gasteiger partial charge >= 0.3 is 5.97 Å². The van der Waals surface area contributed by atoms with Gasteiger partial charge in [0.1, 0.15) is 36.5 Å². The highest BCUT2D eigenvalue weighted by atomic mass is 16.6. The van der Waals surface area contributed by atoms with Gasteiger partial charge in [0.2, 0.25) is 17.3 Å². The van der Waals surface area contributed by atoms with Gasteiger partial charge in [0, 0.05) is 49.8 Å². The van der Waals surface area contributed by atoms with Gasteiger partial charge in [-0.1, -0.05) is 11.2 Å². The van der Waals surface area contributed by atoms with Gasteiger partial charge in [0.15, 0.2) is 17.0 Å². The largest absolute Gasteiger partial charge is 0.507 e. The maximum atomic E-state index is 14.5. The van der Waals surface area contributed by atoms with Crippen LogP contribution in [0.15, 0.2) is 29.1 Å². The minimum Gasteiger partial charge on any atom is -0.507 e. The first-order valence-corrected chi connectivity index (χ1v) is 14.9. The van der Waals surface area contributed by atoms with E-state index in [1.165, 1.54) is 27.2 Å². The first kappa shape index (κ1) is 33.9. The average molecular weight is 681 g/mol. The number of rotatable bonds is 6. The molecule has 5 atom stereocenters. The Bertz CT molecular complexity index is 1930. The number of nitrogens with zero attached hydrogens (tertiary/aromatic N) is 1. The summed E-state index contributed by atoms with van der Waals surface area (Å²) >= 11 is 0. The molecule has 16 heteroatoms. The number of aryl methyl sites for hydroxylation is 1. The van der Waals surface area contributed by atoms with Gasteiger partial charge < -0.3 is 49.5 Å². The molecule has 1 fully saturated rings. The number of allylic oxidation sites excluding steroid dienone is 2. The first-order chi connectivity index (χ1) is 23.2. The average Bonchev–Trinajstić information content (AvgIpc) is 3.05. The highest BCUT2D eigenvalue weighted by molar-refractivity contribution is 6.31. The zero-order chi connectivity index (χ0) is 35.7. The molecule has 4 aliphatic rings. The van der Waals surface area contributed by atoms with E-state index in [1.54, 1.807) is 0 Å². The lowest BCUT2D eigenvalue weighted by Crippen LogP contribution is -2.73. The first-order valence-electron chi connectivity index (χ1n) is 14.9. The van der Waals surface area contributed by atoms with Crippen molar-refractivity contribution in [1.82, 2.24) is 5.32 Å². The van der Waals surface area contributed by atoms with E-state index in [4.69, 9.17) is 23.8 Å². The lowest BCUT2D eigenvalue weighted by molar-refractivity contribution is -0.181. The standard InChI is InChI=1S/C33H32N2O14/c1-12-6-13-7-20(37)33(47-4)30(42)24-15(29(41)32(33,44)25(13)28(40)22(12)31(43)46-3)8-14-23(27(24)39)18(36)9-17(26(14)38)34-21-10-16(35-48-5)19(45-2)11-49-21/h6,8-9,19-21,34,37,39-40,44H,7,10-11H2,1-5H3/b35-16+/t19-,20+,21-,32-,33+/m0/s1. The van der Waals surface area contributed by atoms with Crippen LogP contribution in [-0.2, 0) is 35.8 Å². The Morgan fingerprint density at radius 2 is 1.71 bits per heavy atom. The molecule has 1 aliphatic heterocycles. The SMILES string of the molecule is CO/N=C1\C[C@@H](NC2=CC(=O)c3c(cc4c(c3O)C(=O)[C@]3(OC)[C@H](O)Cc5cc(C)c(C(=O)OC)c(O)c5[C@]3(O)C4=O)C2=O)OC[C@@H]1OC. The van der Waals surface area contributed by atoms with Crippen molar-refractivity contribution in [2.24, 2.45) is 5.16 Å². The number of carbonyl (C=O) groups is 5. The highest BCUT2D eigenvalue weighted by Crippen LogP contribution is 2.56. The molecule has 0 amide bonds. The van der Waals surface area contributed by atoms with Crippen molar-refractivity contribution in [2.75, 3.05) is 35.0 Å². The number of benzene rings is 2. The summed E-state index contributed by atoms with van der Waals surface area (Å²) in [6.45, 7) is 1.49. The summed E-state index contributed by atoms with van der Waals surface area (Å²) in [6, 6.07) is 2.22. The van der Waals surface area contributed by atoms with Crippen molar-refractivity contribution in [3.05, 3.63) is 68.4 Å². The fraction of sp³-hybridized carbons (Fsp3) is 0.394. The third-order valence-electron chi connectivity index (χ3n) is 9.55. The number of hydrogen-bond acceptors (Lipinski definition) is 16. The molecule has 6 rings (SSSR count). The number of ketones is 4. The van der Waals surface area contributed by atoms with Crippen LogP contribution < -0.4 is 5.32 Å².